The highest BCUT2D eigenvalue weighted by Crippen LogP contribution is 2.30. The summed E-state index contributed by atoms with van der Waals surface area (Å²) in [5.74, 6) is 1.18. The lowest BCUT2D eigenvalue weighted by atomic mass is 9.79. The van der Waals surface area contributed by atoms with Gasteiger partial charge in [-0.05, 0) is 25.7 Å². The molecule has 1 aliphatic carbocycles. The molecule has 86 valence electrons. The molecule has 1 aliphatic rings. The maximum Gasteiger partial charge on any atom is 0.131 e. The Bertz CT molecular complexity index is 233. The SMILES string of the molecule is CON=C(C1CCC(C)CC1)C(C)N=O. The molecule has 15 heavy (non-hydrogen) atoms. The highest BCUT2D eigenvalue weighted by Gasteiger charge is 2.27. The smallest absolute Gasteiger partial charge is 0.131 e. The topological polar surface area (TPSA) is 51.0 Å². The Morgan fingerprint density at radius 1 is 1.33 bits per heavy atom. The Kier molecular flexibility index (Phi) is 4.72. The molecule has 0 N–H and O–H groups in total. The van der Waals surface area contributed by atoms with Gasteiger partial charge in [-0.3, -0.25) is 0 Å². The van der Waals surface area contributed by atoms with Crippen LogP contribution in [-0.2, 0) is 4.84 Å². The van der Waals surface area contributed by atoms with E-state index in [2.05, 4.69) is 17.3 Å². The first kappa shape index (κ1) is 12.1. The lowest BCUT2D eigenvalue weighted by Gasteiger charge is -2.27. The van der Waals surface area contributed by atoms with Crippen molar-refractivity contribution in [3.05, 3.63) is 4.91 Å². The Morgan fingerprint density at radius 3 is 2.40 bits per heavy atom. The Hall–Kier alpha value is -0.930. The molecule has 1 fully saturated rings. The van der Waals surface area contributed by atoms with Crippen LogP contribution in [0.2, 0.25) is 0 Å². The third-order valence-electron chi connectivity index (χ3n) is 3.22. The van der Waals surface area contributed by atoms with Gasteiger partial charge in [-0.15, -0.1) is 0 Å². The van der Waals surface area contributed by atoms with E-state index in [1.165, 1.54) is 20.0 Å². The summed E-state index contributed by atoms with van der Waals surface area (Å²) in [6, 6.07) is -0.358. The summed E-state index contributed by atoms with van der Waals surface area (Å²) in [4.78, 5) is 15.3. The van der Waals surface area contributed by atoms with Crippen molar-refractivity contribution in [2.24, 2.45) is 22.2 Å². The van der Waals surface area contributed by atoms with E-state index in [4.69, 9.17) is 4.84 Å². The minimum atomic E-state index is -0.358. The van der Waals surface area contributed by atoms with Gasteiger partial charge < -0.3 is 4.84 Å². The molecule has 0 aliphatic heterocycles. The van der Waals surface area contributed by atoms with Crippen molar-refractivity contribution in [3.8, 4) is 0 Å². The van der Waals surface area contributed by atoms with Gasteiger partial charge in [0.05, 0.1) is 5.71 Å². The van der Waals surface area contributed by atoms with Crippen molar-refractivity contribution in [2.45, 2.75) is 45.6 Å². The summed E-state index contributed by atoms with van der Waals surface area (Å²) < 4.78 is 0. The summed E-state index contributed by atoms with van der Waals surface area (Å²) in [6.45, 7) is 4.05. The van der Waals surface area contributed by atoms with Crippen LogP contribution in [0.3, 0.4) is 0 Å². The van der Waals surface area contributed by atoms with Gasteiger partial charge in [0.25, 0.3) is 0 Å². The normalized spacial score (nSPS) is 29.7. The second-order valence-corrected chi connectivity index (χ2v) is 4.44. The van der Waals surface area contributed by atoms with Crippen LogP contribution in [0.15, 0.2) is 10.3 Å². The van der Waals surface area contributed by atoms with Crippen molar-refractivity contribution in [2.75, 3.05) is 7.11 Å². The second-order valence-electron chi connectivity index (χ2n) is 4.44. The van der Waals surface area contributed by atoms with Crippen molar-refractivity contribution < 1.29 is 4.84 Å². The van der Waals surface area contributed by atoms with Gasteiger partial charge in [-0.25, -0.2) is 0 Å². The van der Waals surface area contributed by atoms with Gasteiger partial charge in [0.15, 0.2) is 0 Å². The van der Waals surface area contributed by atoms with E-state index in [1.54, 1.807) is 6.92 Å². The zero-order valence-corrected chi connectivity index (χ0v) is 9.77. The highest BCUT2D eigenvalue weighted by molar-refractivity contribution is 5.91. The maximum atomic E-state index is 10.5. The van der Waals surface area contributed by atoms with Crippen molar-refractivity contribution in [3.63, 3.8) is 0 Å². The van der Waals surface area contributed by atoms with Crippen molar-refractivity contribution >= 4 is 5.71 Å². The first-order valence-corrected chi connectivity index (χ1v) is 5.62. The molecule has 4 heteroatoms. The quantitative estimate of drug-likeness (QED) is 0.408. The zero-order valence-electron chi connectivity index (χ0n) is 9.77. The molecule has 0 aromatic heterocycles. The highest BCUT2D eigenvalue weighted by atomic mass is 16.6. The average molecular weight is 212 g/mol. The van der Waals surface area contributed by atoms with Gasteiger partial charge in [0.2, 0.25) is 0 Å². The number of hydrogen-bond donors (Lipinski definition) is 0. The van der Waals surface area contributed by atoms with E-state index >= 15 is 0 Å². The van der Waals surface area contributed by atoms with Crippen molar-refractivity contribution in [1.82, 2.24) is 0 Å². The van der Waals surface area contributed by atoms with E-state index in [9.17, 15) is 4.91 Å². The zero-order chi connectivity index (χ0) is 11.3. The van der Waals surface area contributed by atoms with Gasteiger partial charge in [-0.2, -0.15) is 4.91 Å². The van der Waals surface area contributed by atoms with Gasteiger partial charge in [0.1, 0.15) is 13.2 Å². The molecule has 0 spiro atoms. The fourth-order valence-electron chi connectivity index (χ4n) is 2.21. The Balaban J connectivity index is 2.64. The molecule has 1 unspecified atom stereocenters. The summed E-state index contributed by atoms with van der Waals surface area (Å²) in [6.07, 6.45) is 4.62. The fraction of sp³-hybridized carbons (Fsp3) is 0.909. The summed E-state index contributed by atoms with van der Waals surface area (Å²) in [5.41, 5.74) is 0.819. The molecule has 1 rings (SSSR count). The second kappa shape index (κ2) is 5.83. The molecule has 0 aromatic rings. The lowest BCUT2D eigenvalue weighted by Crippen LogP contribution is -2.28. The van der Waals surface area contributed by atoms with Crippen molar-refractivity contribution in [1.29, 1.82) is 0 Å². The van der Waals surface area contributed by atoms with Crippen LogP contribution in [0.25, 0.3) is 0 Å². The molecule has 4 nitrogen and oxygen atoms in total. The third-order valence-corrected chi connectivity index (χ3v) is 3.22. The van der Waals surface area contributed by atoms with E-state index < -0.39 is 0 Å². The van der Waals surface area contributed by atoms with E-state index in [1.807, 2.05) is 0 Å². The summed E-state index contributed by atoms with van der Waals surface area (Å²) in [5, 5.41) is 7.01. The molecule has 1 saturated carbocycles. The van der Waals surface area contributed by atoms with Crippen LogP contribution >= 0.6 is 0 Å². The van der Waals surface area contributed by atoms with Crippen LogP contribution in [0.1, 0.15) is 39.5 Å². The van der Waals surface area contributed by atoms with Gasteiger partial charge in [0, 0.05) is 5.92 Å². The van der Waals surface area contributed by atoms with Crippen LogP contribution in [0, 0.1) is 16.7 Å². The number of oxime groups is 1. The standard InChI is InChI=1S/C11H20N2O2/c1-8-4-6-10(7-5-8)11(13-15-3)9(2)12-14/h8-10H,4-7H2,1-3H3. The van der Waals surface area contributed by atoms with Crippen LogP contribution < -0.4 is 0 Å². The van der Waals surface area contributed by atoms with Crippen LogP contribution in [0.5, 0.6) is 0 Å². The Morgan fingerprint density at radius 2 is 1.93 bits per heavy atom. The first-order valence-electron chi connectivity index (χ1n) is 5.62. The number of nitroso groups, excluding NO2 is 1. The average Bonchev–Trinajstić information content (AvgIpc) is 2.26. The molecule has 0 bridgehead atoms. The molecular formula is C11H20N2O2. The first-order chi connectivity index (χ1) is 7.19. The third kappa shape index (κ3) is 3.29. The number of rotatable bonds is 4. The largest absolute Gasteiger partial charge is 0.399 e. The molecule has 0 radical (unpaired) electrons. The predicted octanol–water partition coefficient (Wildman–Crippen LogP) is 2.97. The maximum absolute atomic E-state index is 10.5. The monoisotopic (exact) mass is 212 g/mol. The molecule has 0 aromatic carbocycles. The van der Waals surface area contributed by atoms with E-state index in [-0.39, 0.29) is 6.04 Å². The minimum Gasteiger partial charge on any atom is -0.399 e. The molecule has 0 amide bonds. The fourth-order valence-corrected chi connectivity index (χ4v) is 2.21. The van der Waals surface area contributed by atoms with Gasteiger partial charge >= 0.3 is 0 Å². The van der Waals surface area contributed by atoms with Crippen LogP contribution in [-0.4, -0.2) is 18.9 Å². The molecule has 0 heterocycles. The van der Waals surface area contributed by atoms with E-state index in [0.717, 1.165) is 24.5 Å². The van der Waals surface area contributed by atoms with Crippen LogP contribution in [0.4, 0.5) is 0 Å². The number of nitrogens with zero attached hydrogens (tertiary/aromatic N) is 2. The Labute approximate surface area is 91.0 Å². The molecule has 0 saturated heterocycles. The number of hydrogen-bond acceptors (Lipinski definition) is 4. The van der Waals surface area contributed by atoms with Gasteiger partial charge in [-0.1, -0.05) is 30.1 Å². The minimum absolute atomic E-state index is 0.358. The summed E-state index contributed by atoms with van der Waals surface area (Å²) >= 11 is 0. The summed E-state index contributed by atoms with van der Waals surface area (Å²) in [7, 11) is 1.52. The van der Waals surface area contributed by atoms with E-state index in [0.29, 0.717) is 5.92 Å². The molecular weight excluding hydrogens is 192 g/mol. The predicted molar refractivity (Wildman–Crippen MR) is 60.8 cm³/mol. The molecule has 1 atom stereocenters. The lowest BCUT2D eigenvalue weighted by molar-refractivity contribution is 0.206.